The number of carbonyl (C=O) groups is 1. The van der Waals surface area contributed by atoms with E-state index in [0.29, 0.717) is 12.2 Å². The Morgan fingerprint density at radius 1 is 1.26 bits per heavy atom. The van der Waals surface area contributed by atoms with Gasteiger partial charge < -0.3 is 14.5 Å². The van der Waals surface area contributed by atoms with Crippen LogP contribution in [0.2, 0.25) is 0 Å². The van der Waals surface area contributed by atoms with Crippen LogP contribution in [-0.4, -0.2) is 34.1 Å². The average molecular weight is 365 g/mol. The molecule has 1 atom stereocenters. The van der Waals surface area contributed by atoms with Crippen molar-refractivity contribution in [3.8, 4) is 17.1 Å². The minimum absolute atomic E-state index is 0.0918. The summed E-state index contributed by atoms with van der Waals surface area (Å²) in [4.78, 5) is 25.1. The normalized spacial score (nSPS) is 16.4. The molecule has 0 saturated heterocycles. The molecule has 27 heavy (non-hydrogen) atoms. The quantitative estimate of drug-likeness (QED) is 0.714. The van der Waals surface area contributed by atoms with Crippen LogP contribution >= 0.6 is 0 Å². The van der Waals surface area contributed by atoms with Crippen LogP contribution in [-0.2, 0) is 22.4 Å². The Balaban J connectivity index is 1.67. The number of H-pyrrole nitrogens is 1. The van der Waals surface area contributed by atoms with Gasteiger partial charge in [0.15, 0.2) is 5.82 Å². The van der Waals surface area contributed by atoms with Crippen LogP contribution in [0.5, 0.6) is 5.75 Å². The Kier molecular flexibility index (Phi) is 4.56. The van der Waals surface area contributed by atoms with Gasteiger partial charge in [0.05, 0.1) is 36.4 Å². The number of aromatic nitrogens is 3. The lowest BCUT2D eigenvalue weighted by atomic mass is 9.87. The van der Waals surface area contributed by atoms with Gasteiger partial charge in [-0.2, -0.15) is 0 Å². The fraction of sp³-hybridized carbons (Fsp3) is 0.381. The number of rotatable bonds is 4. The van der Waals surface area contributed by atoms with Gasteiger partial charge in [0.1, 0.15) is 5.75 Å². The number of hydrogen-bond acceptors (Lipinski definition) is 5. The fourth-order valence-electron chi connectivity index (χ4n) is 3.59. The van der Waals surface area contributed by atoms with Crippen molar-refractivity contribution in [2.24, 2.45) is 5.92 Å². The largest absolute Gasteiger partial charge is 0.497 e. The molecule has 6 nitrogen and oxygen atoms in total. The van der Waals surface area contributed by atoms with E-state index in [4.69, 9.17) is 14.5 Å². The zero-order chi connectivity index (χ0) is 19.0. The van der Waals surface area contributed by atoms with E-state index in [9.17, 15) is 4.79 Å². The highest BCUT2D eigenvalue weighted by atomic mass is 16.5. The van der Waals surface area contributed by atoms with Crippen molar-refractivity contribution in [2.45, 2.75) is 39.2 Å². The summed E-state index contributed by atoms with van der Waals surface area (Å²) < 4.78 is 10.6. The molecule has 0 radical (unpaired) electrons. The number of nitrogens with zero attached hydrogens (tertiary/aromatic N) is 2. The first kappa shape index (κ1) is 17.5. The Morgan fingerprint density at radius 3 is 2.74 bits per heavy atom. The molecule has 3 aromatic rings. The monoisotopic (exact) mass is 365 g/mol. The number of hydrogen-bond donors (Lipinski definition) is 1. The van der Waals surface area contributed by atoms with Crippen molar-refractivity contribution in [1.29, 1.82) is 0 Å². The van der Waals surface area contributed by atoms with Gasteiger partial charge in [0.2, 0.25) is 0 Å². The molecule has 0 amide bonds. The van der Waals surface area contributed by atoms with Gasteiger partial charge in [-0.3, -0.25) is 4.79 Å². The van der Waals surface area contributed by atoms with Crippen molar-refractivity contribution in [3.63, 3.8) is 0 Å². The Labute approximate surface area is 157 Å². The molecule has 140 valence electrons. The molecular formula is C21H23N3O3. The lowest BCUT2D eigenvalue weighted by Gasteiger charge is -2.21. The van der Waals surface area contributed by atoms with Crippen LogP contribution in [0, 0.1) is 5.92 Å². The maximum absolute atomic E-state index is 12.3. The van der Waals surface area contributed by atoms with E-state index in [1.165, 1.54) is 0 Å². The molecule has 0 bridgehead atoms. The molecule has 1 aliphatic carbocycles. The summed E-state index contributed by atoms with van der Waals surface area (Å²) in [5.74, 6) is 1.23. The number of carbonyl (C=O) groups excluding carboxylic acids is 1. The number of esters is 1. The van der Waals surface area contributed by atoms with Crippen LogP contribution in [0.3, 0.4) is 0 Å². The summed E-state index contributed by atoms with van der Waals surface area (Å²) in [5.41, 5.74) is 5.00. The van der Waals surface area contributed by atoms with E-state index in [1.807, 2.05) is 44.3 Å². The van der Waals surface area contributed by atoms with Crippen molar-refractivity contribution in [2.75, 3.05) is 7.11 Å². The van der Waals surface area contributed by atoms with Crippen LogP contribution in [0.4, 0.5) is 0 Å². The minimum atomic E-state index is -0.116. The number of aromatic amines is 1. The van der Waals surface area contributed by atoms with Gasteiger partial charge in [-0.1, -0.05) is 0 Å². The van der Waals surface area contributed by atoms with Gasteiger partial charge in [-0.05, 0) is 57.4 Å². The van der Waals surface area contributed by atoms with Crippen LogP contribution in [0.15, 0.2) is 30.5 Å². The second kappa shape index (κ2) is 7.02. The zero-order valence-electron chi connectivity index (χ0n) is 15.8. The van der Waals surface area contributed by atoms with E-state index >= 15 is 0 Å². The summed E-state index contributed by atoms with van der Waals surface area (Å²) in [6.07, 6.45) is 4.00. The summed E-state index contributed by atoms with van der Waals surface area (Å²) in [6, 6.07) is 7.69. The van der Waals surface area contributed by atoms with Crippen molar-refractivity contribution in [1.82, 2.24) is 15.0 Å². The third-order valence-electron chi connectivity index (χ3n) is 4.95. The van der Waals surface area contributed by atoms with Crippen LogP contribution in [0.1, 0.15) is 31.5 Å². The Hall–Kier alpha value is -2.89. The molecule has 1 N–H and O–H groups in total. The molecule has 1 aliphatic rings. The van der Waals surface area contributed by atoms with E-state index in [0.717, 1.165) is 46.4 Å². The van der Waals surface area contributed by atoms with Gasteiger partial charge >= 0.3 is 5.97 Å². The Morgan fingerprint density at radius 2 is 2.04 bits per heavy atom. The lowest BCUT2D eigenvalue weighted by molar-refractivity contribution is -0.152. The standard InChI is InChI=1S/C21H23N3O3/c1-12(2)27-21(25)14-6-9-17-16(10-14)19-18(23-17)11-22-20(24-19)13-4-7-15(26-3)8-5-13/h4-5,7-8,11-12,14,23H,6,9-10H2,1-3H3. The van der Waals surface area contributed by atoms with E-state index in [2.05, 4.69) is 9.97 Å². The molecule has 0 aliphatic heterocycles. The van der Waals surface area contributed by atoms with Crippen molar-refractivity contribution >= 4 is 17.0 Å². The fourth-order valence-corrected chi connectivity index (χ4v) is 3.59. The van der Waals surface area contributed by atoms with Gasteiger partial charge in [0.25, 0.3) is 0 Å². The molecule has 4 rings (SSSR count). The summed E-state index contributed by atoms with van der Waals surface area (Å²) >= 11 is 0. The SMILES string of the molecule is COc1ccc(-c2ncc3[nH]c4c(c3n2)CC(C(=O)OC(C)C)CC4)cc1. The molecule has 0 saturated carbocycles. The van der Waals surface area contributed by atoms with E-state index in [1.54, 1.807) is 7.11 Å². The predicted octanol–water partition coefficient (Wildman–Crippen LogP) is 3.69. The van der Waals surface area contributed by atoms with Gasteiger partial charge in [0, 0.05) is 16.8 Å². The number of fused-ring (bicyclic) bond motifs is 3. The molecular weight excluding hydrogens is 342 g/mol. The lowest BCUT2D eigenvalue weighted by Crippen LogP contribution is -2.26. The highest BCUT2D eigenvalue weighted by Gasteiger charge is 2.29. The number of methoxy groups -OCH3 is 1. The number of nitrogens with one attached hydrogen (secondary N) is 1. The van der Waals surface area contributed by atoms with Gasteiger partial charge in [-0.25, -0.2) is 9.97 Å². The number of aryl methyl sites for hydroxylation is 1. The first-order chi connectivity index (χ1) is 13.0. The van der Waals surface area contributed by atoms with Crippen molar-refractivity contribution in [3.05, 3.63) is 41.7 Å². The molecule has 0 fully saturated rings. The highest BCUT2D eigenvalue weighted by molar-refractivity contribution is 5.83. The number of benzene rings is 1. The molecule has 6 heteroatoms. The first-order valence-electron chi connectivity index (χ1n) is 9.26. The summed E-state index contributed by atoms with van der Waals surface area (Å²) in [5, 5.41) is 0. The second-order valence-electron chi connectivity index (χ2n) is 7.19. The van der Waals surface area contributed by atoms with Gasteiger partial charge in [-0.15, -0.1) is 0 Å². The Bertz CT molecular complexity index is 976. The maximum atomic E-state index is 12.3. The summed E-state index contributed by atoms with van der Waals surface area (Å²) in [7, 11) is 1.64. The van der Waals surface area contributed by atoms with E-state index in [-0.39, 0.29) is 18.0 Å². The van der Waals surface area contributed by atoms with Crippen LogP contribution in [0.25, 0.3) is 22.4 Å². The molecule has 1 unspecified atom stereocenters. The maximum Gasteiger partial charge on any atom is 0.309 e. The minimum Gasteiger partial charge on any atom is -0.497 e. The summed E-state index contributed by atoms with van der Waals surface area (Å²) in [6.45, 7) is 3.76. The molecule has 1 aromatic carbocycles. The molecule has 0 spiro atoms. The third kappa shape index (κ3) is 3.39. The highest BCUT2D eigenvalue weighted by Crippen LogP contribution is 2.32. The third-order valence-corrected chi connectivity index (χ3v) is 4.95. The molecule has 2 aromatic heterocycles. The average Bonchev–Trinajstić information content (AvgIpc) is 3.04. The molecule has 2 heterocycles. The van der Waals surface area contributed by atoms with E-state index < -0.39 is 0 Å². The second-order valence-corrected chi connectivity index (χ2v) is 7.19. The smallest absolute Gasteiger partial charge is 0.309 e. The number of ether oxygens (including phenoxy) is 2. The topological polar surface area (TPSA) is 77.1 Å². The zero-order valence-corrected chi connectivity index (χ0v) is 15.8. The first-order valence-corrected chi connectivity index (χ1v) is 9.26. The van der Waals surface area contributed by atoms with Crippen LogP contribution < -0.4 is 4.74 Å². The van der Waals surface area contributed by atoms with Crippen molar-refractivity contribution < 1.29 is 14.3 Å². The predicted molar refractivity (Wildman–Crippen MR) is 103 cm³/mol.